The Morgan fingerprint density at radius 2 is 1.71 bits per heavy atom. The van der Waals surface area contributed by atoms with Gasteiger partial charge in [0.2, 0.25) is 0 Å². The lowest BCUT2D eigenvalue weighted by molar-refractivity contribution is -0.122. The van der Waals surface area contributed by atoms with Gasteiger partial charge in [-0.15, -0.1) is 0 Å². The van der Waals surface area contributed by atoms with Gasteiger partial charge in [0.1, 0.15) is 5.75 Å². The summed E-state index contributed by atoms with van der Waals surface area (Å²) in [6.45, 7) is 5.65. The number of rotatable bonds is 5. The molecule has 2 aromatic rings. The van der Waals surface area contributed by atoms with Crippen molar-refractivity contribution in [1.82, 2.24) is 0 Å². The highest BCUT2D eigenvalue weighted by Crippen LogP contribution is 2.22. The first kappa shape index (κ1) is 17.5. The Kier molecular flexibility index (Phi) is 5.58. The van der Waals surface area contributed by atoms with E-state index in [-0.39, 0.29) is 5.91 Å². The van der Waals surface area contributed by atoms with Crippen molar-refractivity contribution in [2.45, 2.75) is 26.9 Å². The number of hydrogen-bond acceptors (Lipinski definition) is 4. The van der Waals surface area contributed by atoms with Crippen LogP contribution in [0.15, 0.2) is 42.5 Å². The van der Waals surface area contributed by atoms with E-state index >= 15 is 0 Å². The van der Waals surface area contributed by atoms with Crippen molar-refractivity contribution in [3.8, 4) is 5.75 Å². The number of methoxy groups -OCH3 is 1. The maximum Gasteiger partial charge on any atom is 0.337 e. The number of aryl methyl sites for hydroxylation is 1. The molecule has 0 aliphatic heterocycles. The van der Waals surface area contributed by atoms with Gasteiger partial charge in [-0.1, -0.05) is 12.1 Å². The zero-order valence-corrected chi connectivity index (χ0v) is 14.3. The zero-order chi connectivity index (χ0) is 17.7. The minimum atomic E-state index is -0.647. The molecule has 0 saturated heterocycles. The smallest absolute Gasteiger partial charge is 0.337 e. The molecule has 0 aliphatic carbocycles. The summed E-state index contributed by atoms with van der Waals surface area (Å²) >= 11 is 0. The summed E-state index contributed by atoms with van der Waals surface area (Å²) in [5.41, 5.74) is 3.14. The maximum atomic E-state index is 12.3. The number of hydrogen-bond donors (Lipinski definition) is 1. The first-order valence-electron chi connectivity index (χ1n) is 7.64. The molecule has 0 unspecified atom stereocenters. The molecule has 5 heteroatoms. The molecule has 1 atom stereocenters. The SMILES string of the molecule is COC(=O)c1ccc(NC(=O)[C@H](C)Oc2cccc(C)c2C)cc1. The normalized spacial score (nSPS) is 11.5. The van der Waals surface area contributed by atoms with Gasteiger partial charge in [-0.3, -0.25) is 4.79 Å². The van der Waals surface area contributed by atoms with Crippen LogP contribution in [-0.4, -0.2) is 25.1 Å². The van der Waals surface area contributed by atoms with Gasteiger partial charge in [0.05, 0.1) is 12.7 Å². The number of benzene rings is 2. The third kappa shape index (κ3) is 4.13. The van der Waals surface area contributed by atoms with Crippen LogP contribution in [0, 0.1) is 13.8 Å². The predicted molar refractivity (Wildman–Crippen MR) is 92.4 cm³/mol. The average Bonchev–Trinajstić information content (AvgIpc) is 2.58. The minimum absolute atomic E-state index is 0.262. The number of anilines is 1. The van der Waals surface area contributed by atoms with Crippen molar-refractivity contribution in [1.29, 1.82) is 0 Å². The average molecular weight is 327 g/mol. The van der Waals surface area contributed by atoms with E-state index in [1.54, 1.807) is 31.2 Å². The van der Waals surface area contributed by atoms with Crippen molar-refractivity contribution in [3.05, 3.63) is 59.2 Å². The standard InChI is InChI=1S/C19H21NO4/c1-12-6-5-7-17(13(12)2)24-14(3)18(21)20-16-10-8-15(9-11-16)19(22)23-4/h5-11,14H,1-4H3,(H,20,21)/t14-/m0/s1. The molecule has 0 radical (unpaired) electrons. The Hall–Kier alpha value is -2.82. The number of carbonyl (C=O) groups is 2. The van der Waals surface area contributed by atoms with Crippen LogP contribution in [0.3, 0.4) is 0 Å². The monoisotopic (exact) mass is 327 g/mol. The Bertz CT molecular complexity index is 738. The first-order chi connectivity index (χ1) is 11.4. The van der Waals surface area contributed by atoms with Crippen molar-refractivity contribution < 1.29 is 19.1 Å². The van der Waals surface area contributed by atoms with E-state index in [2.05, 4.69) is 10.1 Å². The zero-order valence-electron chi connectivity index (χ0n) is 14.3. The lowest BCUT2D eigenvalue weighted by Crippen LogP contribution is -2.30. The molecule has 0 saturated carbocycles. The van der Waals surface area contributed by atoms with Crippen LogP contribution in [0.5, 0.6) is 5.75 Å². The molecule has 1 N–H and O–H groups in total. The second-order valence-electron chi connectivity index (χ2n) is 5.52. The summed E-state index contributed by atoms with van der Waals surface area (Å²) in [7, 11) is 1.32. The van der Waals surface area contributed by atoms with Crippen LogP contribution in [0.2, 0.25) is 0 Å². The molecule has 2 rings (SSSR count). The Morgan fingerprint density at radius 3 is 2.33 bits per heavy atom. The predicted octanol–water partition coefficient (Wildman–Crippen LogP) is 3.50. The van der Waals surface area contributed by atoms with Gasteiger partial charge >= 0.3 is 5.97 Å². The quantitative estimate of drug-likeness (QED) is 0.854. The number of ether oxygens (including phenoxy) is 2. The van der Waals surface area contributed by atoms with Gasteiger partial charge in [0, 0.05) is 5.69 Å². The molecule has 0 bridgehead atoms. The molecule has 1 amide bonds. The highest BCUT2D eigenvalue weighted by molar-refractivity contribution is 5.95. The molecule has 0 heterocycles. The first-order valence-corrected chi connectivity index (χ1v) is 7.64. The van der Waals surface area contributed by atoms with Gasteiger partial charge in [-0.25, -0.2) is 4.79 Å². The molecule has 0 aromatic heterocycles. The molecule has 2 aromatic carbocycles. The van der Waals surface area contributed by atoms with Gasteiger partial charge in [0.15, 0.2) is 6.10 Å². The van der Waals surface area contributed by atoms with E-state index in [0.717, 1.165) is 11.1 Å². The molecular formula is C19H21NO4. The summed E-state index contributed by atoms with van der Waals surface area (Å²) < 4.78 is 10.4. The highest BCUT2D eigenvalue weighted by atomic mass is 16.5. The van der Waals surface area contributed by atoms with Crippen molar-refractivity contribution >= 4 is 17.6 Å². The van der Waals surface area contributed by atoms with Gasteiger partial charge in [-0.05, 0) is 62.2 Å². The fourth-order valence-corrected chi connectivity index (χ4v) is 2.15. The fourth-order valence-electron chi connectivity index (χ4n) is 2.15. The van der Waals surface area contributed by atoms with E-state index in [1.165, 1.54) is 7.11 Å². The summed E-state index contributed by atoms with van der Waals surface area (Å²) in [5.74, 6) is 0.0138. The molecule has 126 valence electrons. The fraction of sp³-hybridized carbons (Fsp3) is 0.263. The molecular weight excluding hydrogens is 306 g/mol. The number of esters is 1. The van der Waals surface area contributed by atoms with E-state index in [9.17, 15) is 9.59 Å². The van der Waals surface area contributed by atoms with Crippen LogP contribution >= 0.6 is 0 Å². The van der Waals surface area contributed by atoms with Crippen LogP contribution in [0.4, 0.5) is 5.69 Å². The van der Waals surface area contributed by atoms with Crippen LogP contribution in [-0.2, 0) is 9.53 Å². The van der Waals surface area contributed by atoms with Crippen molar-refractivity contribution in [3.63, 3.8) is 0 Å². The van der Waals surface area contributed by atoms with Gasteiger partial charge in [-0.2, -0.15) is 0 Å². The third-order valence-corrected chi connectivity index (χ3v) is 3.80. The van der Waals surface area contributed by atoms with E-state index in [0.29, 0.717) is 17.0 Å². The second kappa shape index (κ2) is 7.64. The van der Waals surface area contributed by atoms with E-state index in [1.807, 2.05) is 32.0 Å². The van der Waals surface area contributed by atoms with E-state index in [4.69, 9.17) is 4.74 Å². The topological polar surface area (TPSA) is 64.6 Å². The summed E-state index contributed by atoms with van der Waals surface area (Å²) in [6, 6.07) is 12.2. The Labute approximate surface area is 141 Å². The molecule has 24 heavy (non-hydrogen) atoms. The molecule has 0 aliphatic rings. The molecule has 5 nitrogen and oxygen atoms in total. The second-order valence-corrected chi connectivity index (χ2v) is 5.52. The summed E-state index contributed by atoms with van der Waals surface area (Å²) in [5, 5.41) is 2.76. The summed E-state index contributed by atoms with van der Waals surface area (Å²) in [4.78, 5) is 23.6. The lowest BCUT2D eigenvalue weighted by Gasteiger charge is -2.17. The van der Waals surface area contributed by atoms with Gasteiger partial charge < -0.3 is 14.8 Å². The number of carbonyl (C=O) groups excluding carboxylic acids is 2. The molecule has 0 spiro atoms. The molecule has 0 fully saturated rings. The Balaban J connectivity index is 2.01. The summed E-state index contributed by atoms with van der Waals surface area (Å²) in [6.07, 6.45) is -0.647. The lowest BCUT2D eigenvalue weighted by atomic mass is 10.1. The number of nitrogens with one attached hydrogen (secondary N) is 1. The Morgan fingerprint density at radius 1 is 1.04 bits per heavy atom. The van der Waals surface area contributed by atoms with E-state index < -0.39 is 12.1 Å². The van der Waals surface area contributed by atoms with Crippen molar-refractivity contribution in [2.75, 3.05) is 12.4 Å². The van der Waals surface area contributed by atoms with Crippen LogP contribution in [0.25, 0.3) is 0 Å². The van der Waals surface area contributed by atoms with Gasteiger partial charge in [0.25, 0.3) is 5.91 Å². The number of amides is 1. The van der Waals surface area contributed by atoms with Crippen LogP contribution in [0.1, 0.15) is 28.4 Å². The minimum Gasteiger partial charge on any atom is -0.481 e. The highest BCUT2D eigenvalue weighted by Gasteiger charge is 2.16. The van der Waals surface area contributed by atoms with Crippen molar-refractivity contribution in [2.24, 2.45) is 0 Å². The third-order valence-electron chi connectivity index (χ3n) is 3.80. The van der Waals surface area contributed by atoms with Crippen LogP contribution < -0.4 is 10.1 Å². The largest absolute Gasteiger partial charge is 0.481 e. The maximum absolute atomic E-state index is 12.3.